The van der Waals surface area contributed by atoms with E-state index >= 15 is 0 Å². The lowest BCUT2D eigenvalue weighted by Gasteiger charge is -2.11. The van der Waals surface area contributed by atoms with E-state index in [1.54, 1.807) is 6.92 Å². The molecular formula is C11H14Cl2N2O4S. The molecule has 0 aromatic heterocycles. The molecule has 1 rings (SSSR count). The number of hydrogen-bond acceptors (Lipinski definition) is 5. The molecule has 0 radical (unpaired) electrons. The molecule has 6 nitrogen and oxygen atoms in total. The number of hydrogen-bond donors (Lipinski definition) is 2. The van der Waals surface area contributed by atoms with Crippen LogP contribution in [0, 0.1) is 0 Å². The Kier molecular flexibility index (Phi) is 6.07. The molecule has 3 N–H and O–H groups in total. The topological polar surface area (TPSA) is 98.5 Å². The lowest BCUT2D eigenvalue weighted by atomic mass is 10.3. The monoisotopic (exact) mass is 340 g/mol. The first-order valence-corrected chi connectivity index (χ1v) is 7.91. The molecule has 20 heavy (non-hydrogen) atoms. The van der Waals surface area contributed by atoms with Crippen LogP contribution in [0.5, 0.6) is 0 Å². The van der Waals surface area contributed by atoms with Crippen molar-refractivity contribution in [3.8, 4) is 0 Å². The van der Waals surface area contributed by atoms with Gasteiger partial charge in [-0.2, -0.15) is 0 Å². The van der Waals surface area contributed by atoms with Gasteiger partial charge in [0.2, 0.25) is 10.0 Å². The highest BCUT2D eigenvalue weighted by molar-refractivity contribution is 7.89. The van der Waals surface area contributed by atoms with Crippen molar-refractivity contribution in [2.45, 2.75) is 18.2 Å². The first-order valence-electron chi connectivity index (χ1n) is 5.67. The molecule has 0 atom stereocenters. The van der Waals surface area contributed by atoms with Crippen LogP contribution in [0.15, 0.2) is 17.0 Å². The summed E-state index contributed by atoms with van der Waals surface area (Å²) >= 11 is 11.5. The summed E-state index contributed by atoms with van der Waals surface area (Å²) < 4.78 is 31.0. The number of nitrogen functional groups attached to an aromatic ring is 1. The summed E-state index contributed by atoms with van der Waals surface area (Å²) in [6.07, 6.45) is -0.0851. The molecule has 0 aliphatic heterocycles. The minimum atomic E-state index is -3.92. The quantitative estimate of drug-likeness (QED) is 0.607. The fourth-order valence-electron chi connectivity index (χ4n) is 1.46. The SMILES string of the molecule is CCOC(=O)CCNS(=O)(=O)c1c(N)cc(Cl)cc1Cl. The van der Waals surface area contributed by atoms with E-state index in [-0.39, 0.29) is 40.2 Å². The van der Waals surface area contributed by atoms with E-state index in [1.807, 2.05) is 0 Å². The fourth-order valence-corrected chi connectivity index (χ4v) is 3.47. The Morgan fingerprint density at radius 2 is 2.05 bits per heavy atom. The molecular weight excluding hydrogens is 327 g/mol. The molecule has 0 spiro atoms. The van der Waals surface area contributed by atoms with Gasteiger partial charge in [0.25, 0.3) is 0 Å². The van der Waals surface area contributed by atoms with Crippen LogP contribution in [0.25, 0.3) is 0 Å². The van der Waals surface area contributed by atoms with Gasteiger partial charge in [-0.25, -0.2) is 13.1 Å². The van der Waals surface area contributed by atoms with Gasteiger partial charge in [0.15, 0.2) is 0 Å². The van der Waals surface area contributed by atoms with Crippen LogP contribution in [0.4, 0.5) is 5.69 Å². The van der Waals surface area contributed by atoms with Gasteiger partial charge in [-0.1, -0.05) is 23.2 Å². The summed E-state index contributed by atoms with van der Waals surface area (Å²) in [5, 5.41) is 0.150. The van der Waals surface area contributed by atoms with E-state index in [4.69, 9.17) is 28.9 Å². The van der Waals surface area contributed by atoms with E-state index in [0.717, 1.165) is 0 Å². The number of carbonyl (C=O) groups excluding carboxylic acids is 1. The Hall–Kier alpha value is -1.02. The van der Waals surface area contributed by atoms with Gasteiger partial charge >= 0.3 is 5.97 Å². The van der Waals surface area contributed by atoms with E-state index in [1.165, 1.54) is 12.1 Å². The standard InChI is InChI=1S/C11H14Cl2N2O4S/c1-2-19-10(16)3-4-15-20(17,18)11-8(13)5-7(12)6-9(11)14/h5-6,15H,2-4,14H2,1H3. The maximum Gasteiger partial charge on any atom is 0.307 e. The number of anilines is 1. The fraction of sp³-hybridized carbons (Fsp3) is 0.364. The molecule has 0 heterocycles. The highest BCUT2D eigenvalue weighted by atomic mass is 35.5. The average molecular weight is 341 g/mol. The number of benzene rings is 1. The summed E-state index contributed by atoms with van der Waals surface area (Å²) in [4.78, 5) is 10.9. The van der Waals surface area contributed by atoms with Crippen LogP contribution in [-0.2, 0) is 19.6 Å². The molecule has 1 aromatic carbocycles. The highest BCUT2D eigenvalue weighted by Gasteiger charge is 2.22. The molecule has 0 saturated heterocycles. The predicted octanol–water partition coefficient (Wildman–Crippen LogP) is 1.81. The normalized spacial score (nSPS) is 11.3. The smallest absolute Gasteiger partial charge is 0.307 e. The number of rotatable bonds is 6. The van der Waals surface area contributed by atoms with Crippen molar-refractivity contribution >= 4 is 44.9 Å². The van der Waals surface area contributed by atoms with Crippen LogP contribution in [0.2, 0.25) is 10.0 Å². The number of nitrogens with two attached hydrogens (primary N) is 1. The van der Waals surface area contributed by atoms with Crippen molar-refractivity contribution in [3.63, 3.8) is 0 Å². The molecule has 0 amide bonds. The third-order valence-corrected chi connectivity index (χ3v) is 4.44. The molecule has 0 saturated carbocycles. The molecule has 0 bridgehead atoms. The highest BCUT2D eigenvalue weighted by Crippen LogP contribution is 2.30. The maximum absolute atomic E-state index is 12.1. The number of sulfonamides is 1. The molecule has 0 fully saturated rings. The van der Waals surface area contributed by atoms with Crippen LogP contribution in [0.3, 0.4) is 0 Å². The number of carbonyl (C=O) groups is 1. The lowest BCUT2D eigenvalue weighted by Crippen LogP contribution is -2.27. The van der Waals surface area contributed by atoms with Crippen LogP contribution < -0.4 is 10.5 Å². The van der Waals surface area contributed by atoms with Crippen LogP contribution in [-0.4, -0.2) is 27.5 Å². The van der Waals surface area contributed by atoms with Gasteiger partial charge in [0.05, 0.1) is 23.7 Å². The van der Waals surface area contributed by atoms with E-state index in [2.05, 4.69) is 9.46 Å². The van der Waals surface area contributed by atoms with Crippen molar-refractivity contribution in [2.75, 3.05) is 18.9 Å². The number of halogens is 2. The van der Waals surface area contributed by atoms with E-state index < -0.39 is 16.0 Å². The second kappa shape index (κ2) is 7.12. The van der Waals surface area contributed by atoms with Crippen molar-refractivity contribution in [2.24, 2.45) is 0 Å². The molecule has 0 aliphatic carbocycles. The van der Waals surface area contributed by atoms with E-state index in [0.29, 0.717) is 0 Å². The van der Waals surface area contributed by atoms with Gasteiger partial charge in [0, 0.05) is 11.6 Å². The van der Waals surface area contributed by atoms with Gasteiger partial charge in [-0.05, 0) is 19.1 Å². The van der Waals surface area contributed by atoms with Crippen molar-refractivity contribution in [1.29, 1.82) is 0 Å². The summed E-state index contributed by atoms with van der Waals surface area (Å²) in [5.41, 5.74) is 5.54. The zero-order chi connectivity index (χ0) is 15.3. The van der Waals surface area contributed by atoms with Crippen LogP contribution >= 0.6 is 23.2 Å². The van der Waals surface area contributed by atoms with Gasteiger partial charge in [0.1, 0.15) is 4.90 Å². The van der Waals surface area contributed by atoms with Crippen molar-refractivity contribution in [3.05, 3.63) is 22.2 Å². The van der Waals surface area contributed by atoms with Crippen LogP contribution in [0.1, 0.15) is 13.3 Å². The molecule has 0 unspecified atom stereocenters. The summed E-state index contributed by atoms with van der Waals surface area (Å²) in [6, 6.07) is 2.56. The van der Waals surface area contributed by atoms with Gasteiger partial charge in [-0.15, -0.1) is 0 Å². The minimum absolute atomic E-state index is 0.0638. The van der Waals surface area contributed by atoms with Crippen molar-refractivity contribution in [1.82, 2.24) is 4.72 Å². The van der Waals surface area contributed by atoms with Gasteiger partial charge in [-0.3, -0.25) is 4.79 Å². The summed E-state index contributed by atoms with van der Waals surface area (Å²) in [6.45, 7) is 1.79. The third-order valence-electron chi connectivity index (χ3n) is 2.23. The number of ether oxygens (including phenoxy) is 1. The summed E-state index contributed by atoms with van der Waals surface area (Å²) in [7, 11) is -3.92. The van der Waals surface area contributed by atoms with Crippen molar-refractivity contribution < 1.29 is 17.9 Å². The predicted molar refractivity (Wildman–Crippen MR) is 77.3 cm³/mol. The Balaban J connectivity index is 2.82. The van der Waals surface area contributed by atoms with Gasteiger partial charge < -0.3 is 10.5 Å². The second-order valence-corrected chi connectivity index (χ2v) is 6.31. The Labute approximate surface area is 127 Å². The molecule has 0 aliphatic rings. The Morgan fingerprint density at radius 1 is 1.40 bits per heavy atom. The van der Waals surface area contributed by atoms with E-state index in [9.17, 15) is 13.2 Å². The Morgan fingerprint density at radius 3 is 2.60 bits per heavy atom. The third kappa shape index (κ3) is 4.52. The lowest BCUT2D eigenvalue weighted by molar-refractivity contribution is -0.142. The largest absolute Gasteiger partial charge is 0.466 e. The number of nitrogens with one attached hydrogen (secondary N) is 1. The second-order valence-electron chi connectivity index (χ2n) is 3.76. The molecule has 1 aromatic rings. The Bertz CT molecular complexity index is 581. The summed E-state index contributed by atoms with van der Waals surface area (Å²) in [5.74, 6) is -0.495. The average Bonchev–Trinajstić information content (AvgIpc) is 2.26. The maximum atomic E-state index is 12.1. The first-order chi connectivity index (χ1) is 9.27. The zero-order valence-corrected chi connectivity index (χ0v) is 13.0. The zero-order valence-electron chi connectivity index (χ0n) is 10.7. The number of esters is 1. The molecule has 112 valence electrons. The molecule has 9 heteroatoms. The minimum Gasteiger partial charge on any atom is -0.466 e. The first kappa shape index (κ1) is 17.0.